The van der Waals surface area contributed by atoms with Crippen LogP contribution >= 0.6 is 0 Å². The Labute approximate surface area is 253 Å². The second-order valence-corrected chi connectivity index (χ2v) is 10.6. The standard InChI is InChI=1S/C39H25FN4/c40-29-21-23-33(39-42-37(26-12-4-1-5-13-26)41-38(43-39)27-14-6-2-7-15-27)34(25-29)28-20-22-32-31-18-10-11-19-35(31)44(36(32)24-28)30-16-8-3-9-17-30/h1-25H. The van der Waals surface area contributed by atoms with Crippen LogP contribution in [-0.4, -0.2) is 19.5 Å². The molecule has 0 saturated heterocycles. The molecule has 44 heavy (non-hydrogen) atoms. The number of para-hydroxylation sites is 2. The topological polar surface area (TPSA) is 43.6 Å². The molecular formula is C39H25FN4. The minimum atomic E-state index is -0.326. The van der Waals surface area contributed by atoms with Crippen LogP contribution in [0.3, 0.4) is 0 Å². The zero-order chi connectivity index (χ0) is 29.5. The number of nitrogens with zero attached hydrogens (tertiary/aromatic N) is 4. The van der Waals surface area contributed by atoms with E-state index < -0.39 is 0 Å². The third kappa shape index (κ3) is 4.52. The van der Waals surface area contributed by atoms with Gasteiger partial charge in [-0.2, -0.15) is 0 Å². The second kappa shape index (κ2) is 10.7. The molecule has 0 amide bonds. The Morgan fingerprint density at radius 1 is 0.409 bits per heavy atom. The number of halogens is 1. The maximum Gasteiger partial charge on any atom is 0.164 e. The van der Waals surface area contributed by atoms with E-state index in [0.29, 0.717) is 23.0 Å². The highest BCUT2D eigenvalue weighted by Gasteiger charge is 2.18. The van der Waals surface area contributed by atoms with Gasteiger partial charge in [0.05, 0.1) is 11.0 Å². The molecule has 0 aliphatic heterocycles. The van der Waals surface area contributed by atoms with Gasteiger partial charge >= 0.3 is 0 Å². The molecule has 0 bridgehead atoms. The van der Waals surface area contributed by atoms with Crippen molar-refractivity contribution in [2.75, 3.05) is 0 Å². The monoisotopic (exact) mass is 568 g/mol. The summed E-state index contributed by atoms with van der Waals surface area (Å²) in [7, 11) is 0. The first-order valence-electron chi connectivity index (χ1n) is 14.5. The van der Waals surface area contributed by atoms with E-state index in [4.69, 9.17) is 15.0 Å². The first-order chi connectivity index (χ1) is 21.7. The van der Waals surface area contributed by atoms with Crippen LogP contribution in [0.25, 0.3) is 72.8 Å². The largest absolute Gasteiger partial charge is 0.309 e. The normalized spacial score (nSPS) is 11.3. The fraction of sp³-hybridized carbons (Fsp3) is 0. The lowest BCUT2D eigenvalue weighted by atomic mass is 9.97. The van der Waals surface area contributed by atoms with Crippen LogP contribution < -0.4 is 0 Å². The summed E-state index contributed by atoms with van der Waals surface area (Å²) in [4.78, 5) is 14.7. The van der Waals surface area contributed by atoms with Gasteiger partial charge in [-0.05, 0) is 53.6 Å². The molecule has 0 radical (unpaired) electrons. The molecule has 0 saturated carbocycles. The molecule has 4 nitrogen and oxygen atoms in total. The van der Waals surface area contributed by atoms with E-state index in [1.165, 1.54) is 6.07 Å². The van der Waals surface area contributed by atoms with Crippen LogP contribution in [0, 0.1) is 5.82 Å². The highest BCUT2D eigenvalue weighted by molar-refractivity contribution is 6.10. The van der Waals surface area contributed by atoms with Crippen molar-refractivity contribution in [3.05, 3.63) is 157 Å². The lowest BCUT2D eigenvalue weighted by Gasteiger charge is -2.13. The lowest BCUT2D eigenvalue weighted by Crippen LogP contribution is -2.01. The number of rotatable bonds is 5. The first-order valence-corrected chi connectivity index (χ1v) is 14.5. The minimum Gasteiger partial charge on any atom is -0.309 e. The molecule has 2 heterocycles. The van der Waals surface area contributed by atoms with Gasteiger partial charge in [0.15, 0.2) is 17.5 Å². The highest BCUT2D eigenvalue weighted by Crippen LogP contribution is 2.38. The van der Waals surface area contributed by atoms with Crippen molar-refractivity contribution in [1.29, 1.82) is 0 Å². The maximum absolute atomic E-state index is 15.0. The van der Waals surface area contributed by atoms with Crippen LogP contribution in [-0.2, 0) is 0 Å². The van der Waals surface area contributed by atoms with E-state index in [9.17, 15) is 0 Å². The molecule has 0 atom stereocenters. The van der Waals surface area contributed by atoms with E-state index in [-0.39, 0.29) is 5.82 Å². The molecule has 0 aliphatic rings. The van der Waals surface area contributed by atoms with Gasteiger partial charge in [0.1, 0.15) is 5.82 Å². The van der Waals surface area contributed by atoms with E-state index in [0.717, 1.165) is 49.7 Å². The van der Waals surface area contributed by atoms with Crippen LogP contribution in [0.2, 0.25) is 0 Å². The van der Waals surface area contributed by atoms with Crippen molar-refractivity contribution in [2.24, 2.45) is 0 Å². The Bertz CT molecular complexity index is 2220. The Balaban J connectivity index is 1.37. The minimum absolute atomic E-state index is 0.326. The summed E-state index contributed by atoms with van der Waals surface area (Å²) in [5.41, 5.74) is 7.28. The molecule has 0 fully saturated rings. The molecule has 6 aromatic carbocycles. The van der Waals surface area contributed by atoms with Gasteiger partial charge in [-0.25, -0.2) is 19.3 Å². The fourth-order valence-electron chi connectivity index (χ4n) is 5.87. The molecular weight excluding hydrogens is 543 g/mol. The second-order valence-electron chi connectivity index (χ2n) is 10.6. The van der Waals surface area contributed by atoms with Gasteiger partial charge < -0.3 is 4.57 Å². The Hall–Kier alpha value is -5.94. The summed E-state index contributed by atoms with van der Waals surface area (Å²) in [5.74, 6) is 1.28. The summed E-state index contributed by atoms with van der Waals surface area (Å²) in [6, 6.07) is 49.5. The molecule has 0 unspecified atom stereocenters. The molecule has 5 heteroatoms. The fourth-order valence-corrected chi connectivity index (χ4v) is 5.87. The predicted octanol–water partition coefficient (Wildman–Crippen LogP) is 9.78. The van der Waals surface area contributed by atoms with Gasteiger partial charge in [0.2, 0.25) is 0 Å². The number of benzene rings is 6. The lowest BCUT2D eigenvalue weighted by molar-refractivity contribution is 0.628. The molecule has 8 aromatic rings. The smallest absolute Gasteiger partial charge is 0.164 e. The summed E-state index contributed by atoms with van der Waals surface area (Å²) >= 11 is 0. The Kier molecular flexibility index (Phi) is 6.27. The third-order valence-electron chi connectivity index (χ3n) is 7.92. The summed E-state index contributed by atoms with van der Waals surface area (Å²) in [6.07, 6.45) is 0. The van der Waals surface area contributed by atoms with Crippen molar-refractivity contribution in [3.8, 4) is 51.0 Å². The molecule has 0 spiro atoms. The molecule has 8 rings (SSSR count). The van der Waals surface area contributed by atoms with E-state index in [1.54, 1.807) is 12.1 Å². The Morgan fingerprint density at radius 3 is 1.66 bits per heavy atom. The van der Waals surface area contributed by atoms with Crippen LogP contribution in [0.5, 0.6) is 0 Å². The van der Waals surface area contributed by atoms with Crippen LogP contribution in [0.1, 0.15) is 0 Å². The third-order valence-corrected chi connectivity index (χ3v) is 7.92. The Morgan fingerprint density at radius 2 is 0.977 bits per heavy atom. The molecule has 208 valence electrons. The highest BCUT2D eigenvalue weighted by atomic mass is 19.1. The average Bonchev–Trinajstić information content (AvgIpc) is 3.43. The van der Waals surface area contributed by atoms with Gasteiger partial charge in [-0.3, -0.25) is 0 Å². The maximum atomic E-state index is 15.0. The van der Waals surface area contributed by atoms with Crippen molar-refractivity contribution in [1.82, 2.24) is 19.5 Å². The first kappa shape index (κ1) is 25.7. The van der Waals surface area contributed by atoms with E-state index >= 15 is 4.39 Å². The number of aromatic nitrogens is 4. The van der Waals surface area contributed by atoms with Crippen LogP contribution in [0.4, 0.5) is 4.39 Å². The summed E-state index contributed by atoms with van der Waals surface area (Å²) in [6.45, 7) is 0. The van der Waals surface area contributed by atoms with Crippen molar-refractivity contribution in [3.63, 3.8) is 0 Å². The van der Waals surface area contributed by atoms with Crippen LogP contribution in [0.15, 0.2) is 152 Å². The summed E-state index contributed by atoms with van der Waals surface area (Å²) < 4.78 is 17.3. The molecule has 2 aromatic heterocycles. The summed E-state index contributed by atoms with van der Waals surface area (Å²) in [5, 5.41) is 2.29. The molecule has 0 N–H and O–H groups in total. The van der Waals surface area contributed by atoms with Crippen molar-refractivity contribution >= 4 is 21.8 Å². The van der Waals surface area contributed by atoms with Gasteiger partial charge in [0.25, 0.3) is 0 Å². The predicted molar refractivity (Wildman–Crippen MR) is 176 cm³/mol. The number of fused-ring (bicyclic) bond motifs is 3. The molecule has 0 aliphatic carbocycles. The zero-order valence-electron chi connectivity index (χ0n) is 23.6. The van der Waals surface area contributed by atoms with Gasteiger partial charge in [-0.15, -0.1) is 0 Å². The average molecular weight is 569 g/mol. The van der Waals surface area contributed by atoms with Crippen molar-refractivity contribution < 1.29 is 4.39 Å². The van der Waals surface area contributed by atoms with Gasteiger partial charge in [-0.1, -0.05) is 109 Å². The number of hydrogen-bond donors (Lipinski definition) is 0. The zero-order valence-corrected chi connectivity index (χ0v) is 23.6. The van der Waals surface area contributed by atoms with Crippen molar-refractivity contribution in [2.45, 2.75) is 0 Å². The SMILES string of the molecule is Fc1ccc(-c2nc(-c3ccccc3)nc(-c3ccccc3)n2)c(-c2ccc3c4ccccc4n(-c4ccccc4)c3c2)c1. The van der Waals surface area contributed by atoms with Gasteiger partial charge in [0, 0.05) is 33.2 Å². The van der Waals surface area contributed by atoms with E-state index in [1.807, 2.05) is 78.9 Å². The quantitative estimate of drug-likeness (QED) is 0.208. The number of hydrogen-bond acceptors (Lipinski definition) is 3. The van der Waals surface area contributed by atoms with E-state index in [2.05, 4.69) is 59.2 Å².